The minimum atomic E-state index is -0.515. The molecule has 0 aromatic heterocycles. The average molecular weight is 270 g/mol. The zero-order valence-electron chi connectivity index (χ0n) is 11.7. The first-order chi connectivity index (χ1) is 9.61. The van der Waals surface area contributed by atoms with E-state index in [1.165, 1.54) is 11.1 Å². The molecule has 1 aliphatic rings. The lowest BCUT2D eigenvalue weighted by Crippen LogP contribution is -1.97. The Morgan fingerprint density at radius 3 is 2.65 bits per heavy atom. The zero-order chi connectivity index (χ0) is 14.1. The summed E-state index contributed by atoms with van der Waals surface area (Å²) >= 11 is 0. The van der Waals surface area contributed by atoms with Crippen LogP contribution in [0.4, 0.5) is 0 Å². The summed E-state index contributed by atoms with van der Waals surface area (Å²) < 4.78 is 11.2. The van der Waals surface area contributed by atoms with Crippen molar-refractivity contribution >= 4 is 0 Å². The molecule has 0 fully saturated rings. The van der Waals surface area contributed by atoms with Crippen molar-refractivity contribution < 1.29 is 14.6 Å². The van der Waals surface area contributed by atoms with E-state index in [2.05, 4.69) is 32.0 Å². The van der Waals surface area contributed by atoms with Crippen LogP contribution in [-0.2, 0) is 6.61 Å². The normalized spacial score (nSPS) is 16.6. The third-order valence-electron chi connectivity index (χ3n) is 3.43. The predicted molar refractivity (Wildman–Crippen MR) is 77.1 cm³/mol. The third kappa shape index (κ3) is 2.63. The van der Waals surface area contributed by atoms with Gasteiger partial charge in [0.25, 0.3) is 0 Å². The lowest BCUT2D eigenvalue weighted by Gasteiger charge is -2.09. The molecule has 0 amide bonds. The molecule has 3 rings (SSSR count). The SMILES string of the molecule is Cc1cc(C)cc(COc2ccc3c(c2)OCC3O)c1. The van der Waals surface area contributed by atoms with Gasteiger partial charge in [0.1, 0.15) is 30.8 Å². The van der Waals surface area contributed by atoms with Crippen LogP contribution in [0.5, 0.6) is 11.5 Å². The van der Waals surface area contributed by atoms with Crippen LogP contribution in [0.2, 0.25) is 0 Å². The molecule has 1 unspecified atom stereocenters. The fourth-order valence-corrected chi connectivity index (χ4v) is 2.58. The van der Waals surface area contributed by atoms with Gasteiger partial charge in [-0.1, -0.05) is 29.3 Å². The van der Waals surface area contributed by atoms with E-state index < -0.39 is 6.10 Å². The van der Waals surface area contributed by atoms with Crippen LogP contribution in [0.1, 0.15) is 28.4 Å². The van der Waals surface area contributed by atoms with Gasteiger partial charge in [-0.25, -0.2) is 0 Å². The van der Waals surface area contributed by atoms with Crippen LogP contribution in [0.3, 0.4) is 0 Å². The molecule has 3 nitrogen and oxygen atoms in total. The van der Waals surface area contributed by atoms with Crippen LogP contribution in [-0.4, -0.2) is 11.7 Å². The first-order valence-electron chi connectivity index (χ1n) is 6.76. The Balaban J connectivity index is 1.72. The summed E-state index contributed by atoms with van der Waals surface area (Å²) in [6.45, 7) is 5.03. The maximum atomic E-state index is 9.68. The molecule has 0 saturated carbocycles. The van der Waals surface area contributed by atoms with E-state index in [1.807, 2.05) is 18.2 Å². The number of ether oxygens (including phenoxy) is 2. The Hall–Kier alpha value is -2.00. The van der Waals surface area contributed by atoms with Crippen LogP contribution < -0.4 is 9.47 Å². The van der Waals surface area contributed by atoms with Crippen molar-refractivity contribution in [3.05, 3.63) is 58.7 Å². The summed E-state index contributed by atoms with van der Waals surface area (Å²) in [5.74, 6) is 1.48. The number of hydrogen-bond donors (Lipinski definition) is 1. The van der Waals surface area contributed by atoms with Gasteiger partial charge in [0, 0.05) is 11.6 Å². The highest BCUT2D eigenvalue weighted by Gasteiger charge is 2.21. The van der Waals surface area contributed by atoms with Crippen LogP contribution in [0, 0.1) is 13.8 Å². The molecule has 1 atom stereocenters. The first kappa shape index (κ1) is 13.0. The lowest BCUT2D eigenvalue weighted by molar-refractivity contribution is 0.140. The number of aliphatic hydroxyl groups excluding tert-OH is 1. The standard InChI is InChI=1S/C17H18O3/c1-11-5-12(2)7-13(6-11)9-19-14-3-4-15-16(18)10-20-17(15)8-14/h3-8,16,18H,9-10H2,1-2H3. The zero-order valence-corrected chi connectivity index (χ0v) is 11.7. The van der Waals surface area contributed by atoms with Gasteiger partial charge in [-0.15, -0.1) is 0 Å². The third-order valence-corrected chi connectivity index (χ3v) is 3.43. The quantitative estimate of drug-likeness (QED) is 0.930. The summed E-state index contributed by atoms with van der Waals surface area (Å²) in [5.41, 5.74) is 4.47. The summed E-state index contributed by atoms with van der Waals surface area (Å²) in [5, 5.41) is 9.68. The number of aliphatic hydroxyl groups is 1. The number of aryl methyl sites for hydroxylation is 2. The number of rotatable bonds is 3. The number of fused-ring (bicyclic) bond motifs is 1. The molecular formula is C17H18O3. The molecular weight excluding hydrogens is 252 g/mol. The van der Waals surface area contributed by atoms with E-state index >= 15 is 0 Å². The lowest BCUT2D eigenvalue weighted by atomic mass is 10.1. The smallest absolute Gasteiger partial charge is 0.129 e. The fourth-order valence-electron chi connectivity index (χ4n) is 2.58. The largest absolute Gasteiger partial charge is 0.490 e. The first-order valence-corrected chi connectivity index (χ1v) is 6.76. The van der Waals surface area contributed by atoms with E-state index in [4.69, 9.17) is 9.47 Å². The molecule has 20 heavy (non-hydrogen) atoms. The van der Waals surface area contributed by atoms with Crippen molar-refractivity contribution in [1.82, 2.24) is 0 Å². The Labute approximate surface area is 118 Å². The van der Waals surface area contributed by atoms with Crippen molar-refractivity contribution in [2.45, 2.75) is 26.6 Å². The van der Waals surface area contributed by atoms with E-state index in [-0.39, 0.29) is 0 Å². The van der Waals surface area contributed by atoms with Gasteiger partial charge in [-0.3, -0.25) is 0 Å². The second-order valence-corrected chi connectivity index (χ2v) is 5.31. The minimum Gasteiger partial charge on any atom is -0.490 e. The Kier molecular flexibility index (Phi) is 3.36. The maximum Gasteiger partial charge on any atom is 0.129 e. The van der Waals surface area contributed by atoms with Crippen molar-refractivity contribution in [3.8, 4) is 11.5 Å². The van der Waals surface area contributed by atoms with Gasteiger partial charge in [-0.2, -0.15) is 0 Å². The molecule has 2 aromatic carbocycles. The number of hydrogen-bond acceptors (Lipinski definition) is 3. The summed E-state index contributed by atoms with van der Waals surface area (Å²) in [6.07, 6.45) is -0.515. The fraction of sp³-hybridized carbons (Fsp3) is 0.294. The molecule has 0 saturated heterocycles. The van der Waals surface area contributed by atoms with Crippen molar-refractivity contribution in [1.29, 1.82) is 0 Å². The van der Waals surface area contributed by atoms with E-state index in [0.29, 0.717) is 13.2 Å². The number of benzene rings is 2. The molecule has 0 radical (unpaired) electrons. The Bertz CT molecular complexity index is 614. The van der Waals surface area contributed by atoms with Gasteiger partial charge in [0.2, 0.25) is 0 Å². The summed E-state index contributed by atoms with van der Waals surface area (Å²) in [6, 6.07) is 12.0. The predicted octanol–water partition coefficient (Wildman–Crippen LogP) is 3.31. The van der Waals surface area contributed by atoms with E-state index in [1.54, 1.807) is 0 Å². The summed E-state index contributed by atoms with van der Waals surface area (Å²) in [4.78, 5) is 0. The molecule has 1 aliphatic heterocycles. The molecule has 0 aliphatic carbocycles. The molecule has 0 spiro atoms. The Morgan fingerprint density at radius 2 is 1.90 bits per heavy atom. The summed E-state index contributed by atoms with van der Waals surface area (Å²) in [7, 11) is 0. The Morgan fingerprint density at radius 1 is 1.15 bits per heavy atom. The van der Waals surface area contributed by atoms with Gasteiger partial charge >= 0.3 is 0 Å². The topological polar surface area (TPSA) is 38.7 Å². The van der Waals surface area contributed by atoms with Crippen LogP contribution >= 0.6 is 0 Å². The molecule has 1 heterocycles. The van der Waals surface area contributed by atoms with E-state index in [9.17, 15) is 5.11 Å². The average Bonchev–Trinajstić information content (AvgIpc) is 2.77. The van der Waals surface area contributed by atoms with Crippen molar-refractivity contribution in [3.63, 3.8) is 0 Å². The molecule has 3 heteroatoms. The second kappa shape index (κ2) is 5.17. The molecule has 1 N–H and O–H groups in total. The second-order valence-electron chi connectivity index (χ2n) is 5.31. The minimum absolute atomic E-state index is 0.329. The monoisotopic (exact) mass is 270 g/mol. The van der Waals surface area contributed by atoms with Crippen molar-refractivity contribution in [2.75, 3.05) is 6.61 Å². The molecule has 104 valence electrons. The van der Waals surface area contributed by atoms with Gasteiger partial charge in [0.05, 0.1) is 0 Å². The van der Waals surface area contributed by atoms with Crippen LogP contribution in [0.15, 0.2) is 36.4 Å². The van der Waals surface area contributed by atoms with Crippen LogP contribution in [0.25, 0.3) is 0 Å². The highest BCUT2D eigenvalue weighted by Crippen LogP contribution is 2.35. The molecule has 2 aromatic rings. The van der Waals surface area contributed by atoms with Gasteiger partial charge in [-0.05, 0) is 31.5 Å². The van der Waals surface area contributed by atoms with E-state index in [0.717, 1.165) is 22.6 Å². The van der Waals surface area contributed by atoms with Gasteiger partial charge < -0.3 is 14.6 Å². The van der Waals surface area contributed by atoms with Crippen molar-refractivity contribution in [2.24, 2.45) is 0 Å². The van der Waals surface area contributed by atoms with Gasteiger partial charge in [0.15, 0.2) is 0 Å². The highest BCUT2D eigenvalue weighted by molar-refractivity contribution is 5.44. The highest BCUT2D eigenvalue weighted by atomic mass is 16.5. The maximum absolute atomic E-state index is 9.68. The molecule has 0 bridgehead atoms.